The van der Waals surface area contributed by atoms with E-state index in [2.05, 4.69) is 11.9 Å². The molecule has 66 valence electrons. The van der Waals surface area contributed by atoms with E-state index in [1.165, 1.54) is 5.56 Å². The zero-order valence-corrected chi connectivity index (χ0v) is 7.68. The van der Waals surface area contributed by atoms with Crippen molar-refractivity contribution in [2.24, 2.45) is 0 Å². The summed E-state index contributed by atoms with van der Waals surface area (Å²) in [4.78, 5) is 13.8. The number of rotatable bonds is 3. The number of H-pyrrole nitrogens is 1. The van der Waals surface area contributed by atoms with Crippen LogP contribution in [0.2, 0.25) is 0 Å². The Morgan fingerprint density at radius 2 is 2.17 bits per heavy atom. The lowest BCUT2D eigenvalue weighted by Gasteiger charge is -2.02. The van der Waals surface area contributed by atoms with Crippen molar-refractivity contribution in [1.29, 1.82) is 0 Å². The molecule has 0 radical (unpaired) electrons. The van der Waals surface area contributed by atoms with Crippen molar-refractivity contribution in [3.63, 3.8) is 0 Å². The molecule has 0 atom stereocenters. The first kappa shape index (κ1) is 9.04. The molecule has 0 saturated carbocycles. The number of hydrogen-bond donors (Lipinski definition) is 1. The minimum absolute atomic E-state index is 0.00621. The van der Waals surface area contributed by atoms with Crippen LogP contribution in [-0.4, -0.2) is 4.98 Å². The van der Waals surface area contributed by atoms with Crippen LogP contribution < -0.4 is 5.56 Å². The number of hydrogen-bond acceptors (Lipinski definition) is 1. The van der Waals surface area contributed by atoms with Gasteiger partial charge in [0.15, 0.2) is 0 Å². The molecule has 0 aliphatic carbocycles. The molecule has 2 heteroatoms. The number of nitrogens with one attached hydrogen (secondary N) is 1. The van der Waals surface area contributed by atoms with Crippen LogP contribution in [0.5, 0.6) is 0 Å². The lowest BCUT2D eigenvalue weighted by molar-refractivity contribution is 0.768. The molecule has 1 aromatic rings. The molecule has 0 aliphatic heterocycles. The van der Waals surface area contributed by atoms with Crippen LogP contribution in [0.25, 0.3) is 0 Å². The Bertz CT molecular complexity index is 301. The van der Waals surface area contributed by atoms with Gasteiger partial charge in [0.05, 0.1) is 0 Å². The van der Waals surface area contributed by atoms with Gasteiger partial charge in [-0.15, -0.1) is 0 Å². The molecule has 1 N–H and O–H groups in total. The Balaban J connectivity index is 2.82. The van der Waals surface area contributed by atoms with Gasteiger partial charge in [-0.1, -0.05) is 19.4 Å². The molecule has 0 saturated heterocycles. The second-order valence-electron chi connectivity index (χ2n) is 3.09. The van der Waals surface area contributed by atoms with Crippen molar-refractivity contribution in [3.05, 3.63) is 33.7 Å². The number of pyridine rings is 1. The molecule has 0 aromatic carbocycles. The van der Waals surface area contributed by atoms with E-state index >= 15 is 0 Å². The van der Waals surface area contributed by atoms with Gasteiger partial charge >= 0.3 is 0 Å². The first-order valence-electron chi connectivity index (χ1n) is 4.43. The van der Waals surface area contributed by atoms with Crippen LogP contribution >= 0.6 is 0 Å². The molecule has 0 amide bonds. The van der Waals surface area contributed by atoms with Gasteiger partial charge in [-0.2, -0.15) is 0 Å². The third-order valence-corrected chi connectivity index (χ3v) is 2.02. The van der Waals surface area contributed by atoms with Gasteiger partial charge in [-0.05, 0) is 25.3 Å². The van der Waals surface area contributed by atoms with Crippen molar-refractivity contribution in [2.75, 3.05) is 0 Å². The number of aromatic amines is 1. The van der Waals surface area contributed by atoms with Crippen molar-refractivity contribution in [3.8, 4) is 0 Å². The highest BCUT2D eigenvalue weighted by atomic mass is 16.1. The van der Waals surface area contributed by atoms with E-state index in [-0.39, 0.29) is 5.56 Å². The fraction of sp³-hybridized carbons (Fsp3) is 0.500. The summed E-state index contributed by atoms with van der Waals surface area (Å²) in [5, 5.41) is 0. The van der Waals surface area contributed by atoms with E-state index < -0.39 is 0 Å². The van der Waals surface area contributed by atoms with Crippen LogP contribution in [0.1, 0.15) is 31.0 Å². The van der Waals surface area contributed by atoms with Gasteiger partial charge < -0.3 is 4.98 Å². The first-order valence-corrected chi connectivity index (χ1v) is 4.43. The summed E-state index contributed by atoms with van der Waals surface area (Å²) in [5.74, 6) is 0. The lowest BCUT2D eigenvalue weighted by atomic mass is 10.1. The summed E-state index contributed by atoms with van der Waals surface area (Å²) in [7, 11) is 0. The summed E-state index contributed by atoms with van der Waals surface area (Å²) >= 11 is 0. The van der Waals surface area contributed by atoms with Crippen molar-refractivity contribution in [1.82, 2.24) is 4.98 Å². The van der Waals surface area contributed by atoms with E-state index in [0.29, 0.717) is 0 Å². The Labute approximate surface area is 72.6 Å². The predicted molar refractivity (Wildman–Crippen MR) is 50.4 cm³/mol. The van der Waals surface area contributed by atoms with Crippen LogP contribution in [-0.2, 0) is 6.42 Å². The minimum atomic E-state index is 0.00621. The molecule has 0 bridgehead atoms. The second kappa shape index (κ2) is 4.10. The largest absolute Gasteiger partial charge is 0.326 e. The van der Waals surface area contributed by atoms with E-state index in [1.54, 1.807) is 6.07 Å². The quantitative estimate of drug-likeness (QED) is 0.730. The van der Waals surface area contributed by atoms with Crippen molar-refractivity contribution < 1.29 is 0 Å². The predicted octanol–water partition coefficient (Wildman–Crippen LogP) is 2.03. The zero-order chi connectivity index (χ0) is 8.97. The van der Waals surface area contributed by atoms with Gasteiger partial charge in [0, 0.05) is 11.8 Å². The number of aryl methyl sites for hydroxylation is 2. The monoisotopic (exact) mass is 165 g/mol. The van der Waals surface area contributed by atoms with Crippen LogP contribution in [0.4, 0.5) is 0 Å². The third kappa shape index (κ3) is 2.22. The van der Waals surface area contributed by atoms with Crippen LogP contribution in [0.15, 0.2) is 16.9 Å². The van der Waals surface area contributed by atoms with E-state index in [4.69, 9.17) is 0 Å². The molecular weight excluding hydrogens is 150 g/mol. The van der Waals surface area contributed by atoms with Crippen LogP contribution in [0.3, 0.4) is 0 Å². The van der Waals surface area contributed by atoms with Gasteiger partial charge in [-0.3, -0.25) is 4.79 Å². The maximum atomic E-state index is 11.0. The van der Waals surface area contributed by atoms with E-state index in [1.807, 2.05) is 13.0 Å². The highest BCUT2D eigenvalue weighted by Crippen LogP contribution is 2.04. The molecule has 0 aliphatic rings. The fourth-order valence-corrected chi connectivity index (χ4v) is 1.20. The number of unbranched alkanes of at least 4 members (excludes halogenated alkanes) is 1. The molecule has 0 fully saturated rings. The second-order valence-corrected chi connectivity index (χ2v) is 3.09. The standard InChI is InChI=1S/C10H15NO/c1-3-4-5-9-8(2)6-7-10(12)11-9/h6-7H,3-5H2,1-2H3,(H,11,12). The highest BCUT2D eigenvalue weighted by molar-refractivity contribution is 5.17. The Morgan fingerprint density at radius 3 is 2.83 bits per heavy atom. The third-order valence-electron chi connectivity index (χ3n) is 2.02. The maximum Gasteiger partial charge on any atom is 0.248 e. The number of aromatic nitrogens is 1. The van der Waals surface area contributed by atoms with E-state index in [9.17, 15) is 4.79 Å². The summed E-state index contributed by atoms with van der Waals surface area (Å²) in [6.07, 6.45) is 3.29. The normalized spacial score (nSPS) is 10.2. The molecule has 2 nitrogen and oxygen atoms in total. The Morgan fingerprint density at radius 1 is 1.42 bits per heavy atom. The van der Waals surface area contributed by atoms with Crippen LogP contribution in [0, 0.1) is 6.92 Å². The average molecular weight is 165 g/mol. The molecule has 12 heavy (non-hydrogen) atoms. The van der Waals surface area contributed by atoms with Gasteiger partial charge in [-0.25, -0.2) is 0 Å². The minimum Gasteiger partial charge on any atom is -0.326 e. The summed E-state index contributed by atoms with van der Waals surface area (Å²) in [5.41, 5.74) is 2.28. The first-order chi connectivity index (χ1) is 5.74. The molecule has 0 spiro atoms. The fourth-order valence-electron chi connectivity index (χ4n) is 1.20. The molecular formula is C10H15NO. The molecule has 1 rings (SSSR count). The van der Waals surface area contributed by atoms with Crippen molar-refractivity contribution >= 4 is 0 Å². The summed E-state index contributed by atoms with van der Waals surface area (Å²) in [6, 6.07) is 3.45. The molecule has 1 heterocycles. The molecule has 0 unspecified atom stereocenters. The maximum absolute atomic E-state index is 11.0. The SMILES string of the molecule is CCCCc1[nH]c(=O)ccc1C. The van der Waals surface area contributed by atoms with E-state index in [0.717, 1.165) is 25.0 Å². The smallest absolute Gasteiger partial charge is 0.248 e. The zero-order valence-electron chi connectivity index (χ0n) is 7.68. The topological polar surface area (TPSA) is 32.9 Å². The van der Waals surface area contributed by atoms with Crippen molar-refractivity contribution in [2.45, 2.75) is 33.1 Å². The average Bonchev–Trinajstić information content (AvgIpc) is 2.07. The van der Waals surface area contributed by atoms with Gasteiger partial charge in [0.2, 0.25) is 5.56 Å². The van der Waals surface area contributed by atoms with Gasteiger partial charge in [0.25, 0.3) is 0 Å². The molecule has 1 aromatic heterocycles. The summed E-state index contributed by atoms with van der Waals surface area (Å²) in [6.45, 7) is 4.18. The Kier molecular flexibility index (Phi) is 3.09. The van der Waals surface area contributed by atoms with Gasteiger partial charge in [0.1, 0.15) is 0 Å². The summed E-state index contributed by atoms with van der Waals surface area (Å²) < 4.78 is 0. The Hall–Kier alpha value is -1.05. The highest BCUT2D eigenvalue weighted by Gasteiger charge is 1.97. The lowest BCUT2D eigenvalue weighted by Crippen LogP contribution is -2.08.